The molecule has 0 aliphatic rings. The molecule has 0 spiro atoms. The van der Waals surface area contributed by atoms with E-state index in [4.69, 9.17) is 10.7 Å². The SMILES string of the molecule is O=C(NC(CCS(=O)(=O)Cl)C(F)(F)F)OCc1ccccc1. The Morgan fingerprint density at radius 1 is 1.27 bits per heavy atom. The standard InChI is InChI=1S/C12H13ClF3NO4S/c13-22(19,20)7-6-10(12(14,15)16)17-11(18)21-8-9-4-2-1-3-5-9/h1-5,10H,6-8H2,(H,17,18). The number of ether oxygens (including phenoxy) is 1. The van der Waals surface area contributed by atoms with Crippen molar-refractivity contribution in [3.63, 3.8) is 0 Å². The Balaban J connectivity index is 2.56. The Morgan fingerprint density at radius 3 is 2.36 bits per heavy atom. The van der Waals surface area contributed by atoms with Crippen molar-refractivity contribution in [1.82, 2.24) is 5.32 Å². The molecular formula is C12H13ClF3NO4S. The Labute approximate surface area is 129 Å². The van der Waals surface area contributed by atoms with Crippen LogP contribution in [0.25, 0.3) is 0 Å². The molecule has 124 valence electrons. The van der Waals surface area contributed by atoms with Crippen LogP contribution in [0.4, 0.5) is 18.0 Å². The van der Waals surface area contributed by atoms with E-state index >= 15 is 0 Å². The Morgan fingerprint density at radius 2 is 1.86 bits per heavy atom. The van der Waals surface area contributed by atoms with Gasteiger partial charge in [-0.05, 0) is 12.0 Å². The molecule has 1 N–H and O–H groups in total. The van der Waals surface area contributed by atoms with Crippen LogP contribution < -0.4 is 5.32 Å². The second-order valence-electron chi connectivity index (χ2n) is 4.33. The van der Waals surface area contributed by atoms with Crippen LogP contribution in [0.2, 0.25) is 0 Å². The van der Waals surface area contributed by atoms with Crippen LogP contribution in [0, 0.1) is 0 Å². The number of carbonyl (C=O) groups excluding carboxylic acids is 1. The highest BCUT2D eigenvalue weighted by molar-refractivity contribution is 8.13. The minimum Gasteiger partial charge on any atom is -0.445 e. The molecule has 22 heavy (non-hydrogen) atoms. The molecule has 0 aliphatic heterocycles. The van der Waals surface area contributed by atoms with Crippen LogP contribution in [0.3, 0.4) is 0 Å². The van der Waals surface area contributed by atoms with Gasteiger partial charge in [-0.2, -0.15) is 13.2 Å². The molecule has 0 radical (unpaired) electrons. The summed E-state index contributed by atoms with van der Waals surface area (Å²) in [5.41, 5.74) is 0.601. The molecule has 0 heterocycles. The van der Waals surface area contributed by atoms with Crippen LogP contribution in [0.5, 0.6) is 0 Å². The lowest BCUT2D eigenvalue weighted by molar-refractivity contribution is -0.154. The quantitative estimate of drug-likeness (QED) is 0.793. The van der Waals surface area contributed by atoms with Crippen LogP contribution >= 0.6 is 10.7 Å². The fourth-order valence-corrected chi connectivity index (χ4v) is 2.27. The molecule has 1 amide bonds. The molecule has 0 saturated carbocycles. The van der Waals surface area contributed by atoms with Crippen molar-refractivity contribution in [2.24, 2.45) is 0 Å². The fraction of sp³-hybridized carbons (Fsp3) is 0.417. The highest BCUT2D eigenvalue weighted by atomic mass is 35.7. The summed E-state index contributed by atoms with van der Waals surface area (Å²) >= 11 is 0. The maximum atomic E-state index is 12.7. The maximum Gasteiger partial charge on any atom is 0.408 e. The van der Waals surface area contributed by atoms with Gasteiger partial charge in [0, 0.05) is 10.7 Å². The van der Waals surface area contributed by atoms with E-state index in [1.165, 1.54) is 0 Å². The second-order valence-corrected chi connectivity index (χ2v) is 7.23. The molecule has 1 rings (SSSR count). The van der Waals surface area contributed by atoms with Gasteiger partial charge in [0.15, 0.2) is 0 Å². The molecular weight excluding hydrogens is 347 g/mol. The van der Waals surface area contributed by atoms with E-state index < -0.39 is 39.5 Å². The number of hydrogen-bond donors (Lipinski definition) is 1. The molecule has 0 aromatic heterocycles. The first-order chi connectivity index (χ1) is 10.1. The van der Waals surface area contributed by atoms with E-state index in [1.54, 1.807) is 35.6 Å². The summed E-state index contributed by atoms with van der Waals surface area (Å²) < 4.78 is 64.2. The zero-order chi connectivity index (χ0) is 16.8. The average Bonchev–Trinajstić information content (AvgIpc) is 2.40. The number of amides is 1. The number of alkyl carbamates (subject to hydrolysis) is 1. The van der Waals surface area contributed by atoms with E-state index in [9.17, 15) is 26.4 Å². The predicted octanol–water partition coefficient (Wildman–Crippen LogP) is 2.80. The van der Waals surface area contributed by atoms with Crippen molar-refractivity contribution >= 4 is 25.8 Å². The fourth-order valence-electron chi connectivity index (χ4n) is 1.48. The Hall–Kier alpha value is -1.48. The van der Waals surface area contributed by atoms with Crippen molar-refractivity contribution < 1.29 is 31.1 Å². The van der Waals surface area contributed by atoms with Gasteiger partial charge in [0.05, 0.1) is 5.75 Å². The molecule has 1 unspecified atom stereocenters. The lowest BCUT2D eigenvalue weighted by Crippen LogP contribution is -2.46. The monoisotopic (exact) mass is 359 g/mol. The highest BCUT2D eigenvalue weighted by Crippen LogP contribution is 2.23. The number of rotatable bonds is 6. The lowest BCUT2D eigenvalue weighted by atomic mass is 10.2. The average molecular weight is 360 g/mol. The van der Waals surface area contributed by atoms with Crippen LogP contribution in [-0.4, -0.2) is 32.5 Å². The normalized spacial score (nSPS) is 13.5. The van der Waals surface area contributed by atoms with E-state index in [2.05, 4.69) is 4.74 Å². The first-order valence-corrected chi connectivity index (χ1v) is 8.52. The van der Waals surface area contributed by atoms with E-state index in [0.717, 1.165) is 0 Å². The zero-order valence-electron chi connectivity index (χ0n) is 11.1. The predicted molar refractivity (Wildman–Crippen MR) is 73.9 cm³/mol. The summed E-state index contributed by atoms with van der Waals surface area (Å²) in [5, 5.41) is 1.59. The Bertz CT molecular complexity index is 592. The minimum atomic E-state index is -4.81. The van der Waals surface area contributed by atoms with Crippen molar-refractivity contribution in [3.05, 3.63) is 35.9 Å². The highest BCUT2D eigenvalue weighted by Gasteiger charge is 2.41. The van der Waals surface area contributed by atoms with E-state index in [1.807, 2.05) is 0 Å². The number of nitrogens with one attached hydrogen (secondary N) is 1. The van der Waals surface area contributed by atoms with Crippen molar-refractivity contribution in [3.8, 4) is 0 Å². The lowest BCUT2D eigenvalue weighted by Gasteiger charge is -2.20. The third-order valence-electron chi connectivity index (χ3n) is 2.55. The molecule has 1 atom stereocenters. The molecule has 0 saturated heterocycles. The smallest absolute Gasteiger partial charge is 0.408 e. The zero-order valence-corrected chi connectivity index (χ0v) is 12.7. The number of alkyl halides is 3. The number of hydrogen-bond acceptors (Lipinski definition) is 4. The van der Waals surface area contributed by atoms with Gasteiger partial charge in [-0.15, -0.1) is 0 Å². The van der Waals surface area contributed by atoms with Gasteiger partial charge in [-0.3, -0.25) is 0 Å². The van der Waals surface area contributed by atoms with Gasteiger partial charge in [0.1, 0.15) is 12.6 Å². The number of carbonyl (C=O) groups is 1. The summed E-state index contributed by atoms with van der Waals surface area (Å²) in [5.74, 6) is -0.919. The third-order valence-corrected chi connectivity index (χ3v) is 3.74. The molecule has 0 fully saturated rings. The molecule has 1 aromatic carbocycles. The maximum absolute atomic E-state index is 12.7. The largest absolute Gasteiger partial charge is 0.445 e. The van der Waals surface area contributed by atoms with Crippen molar-refractivity contribution in [2.45, 2.75) is 25.2 Å². The first-order valence-electron chi connectivity index (χ1n) is 6.04. The minimum absolute atomic E-state index is 0.203. The molecule has 10 heteroatoms. The van der Waals surface area contributed by atoms with Gasteiger partial charge in [0.25, 0.3) is 0 Å². The second kappa shape index (κ2) is 7.68. The van der Waals surface area contributed by atoms with E-state index in [0.29, 0.717) is 5.56 Å². The molecule has 0 bridgehead atoms. The summed E-state index contributed by atoms with van der Waals surface area (Å²) in [6, 6.07) is 6.00. The van der Waals surface area contributed by atoms with Gasteiger partial charge < -0.3 is 10.1 Å². The summed E-state index contributed by atoms with van der Waals surface area (Å²) in [4.78, 5) is 11.4. The van der Waals surface area contributed by atoms with Crippen LogP contribution in [0.15, 0.2) is 30.3 Å². The number of halogens is 4. The van der Waals surface area contributed by atoms with Gasteiger partial charge in [-0.25, -0.2) is 13.2 Å². The third kappa shape index (κ3) is 7.51. The van der Waals surface area contributed by atoms with Crippen molar-refractivity contribution in [2.75, 3.05) is 5.75 Å². The van der Waals surface area contributed by atoms with Crippen molar-refractivity contribution in [1.29, 1.82) is 0 Å². The van der Waals surface area contributed by atoms with Crippen LogP contribution in [-0.2, 0) is 20.4 Å². The molecule has 1 aromatic rings. The van der Waals surface area contributed by atoms with Gasteiger partial charge in [0.2, 0.25) is 9.05 Å². The summed E-state index contributed by atoms with van der Waals surface area (Å²) in [6.07, 6.45) is -7.00. The van der Waals surface area contributed by atoms with Gasteiger partial charge >= 0.3 is 12.3 Å². The molecule has 0 aliphatic carbocycles. The number of benzene rings is 1. The first kappa shape index (κ1) is 18.6. The molecule has 5 nitrogen and oxygen atoms in total. The van der Waals surface area contributed by atoms with E-state index in [-0.39, 0.29) is 6.61 Å². The Kier molecular flexibility index (Phi) is 6.48. The topological polar surface area (TPSA) is 72.5 Å². The van der Waals surface area contributed by atoms with Gasteiger partial charge in [-0.1, -0.05) is 30.3 Å². The summed E-state index contributed by atoms with van der Waals surface area (Å²) in [7, 11) is 0.776. The van der Waals surface area contributed by atoms with Crippen LogP contribution in [0.1, 0.15) is 12.0 Å². The summed E-state index contributed by atoms with van der Waals surface area (Å²) in [6.45, 7) is -0.203.